The zero-order valence-corrected chi connectivity index (χ0v) is 13.4. The molecule has 0 aromatic carbocycles. The summed E-state index contributed by atoms with van der Waals surface area (Å²) in [5.74, 6) is 0.000373. The molecule has 1 saturated heterocycles. The Labute approximate surface area is 129 Å². The maximum Gasteiger partial charge on any atom is 0.264 e. The third-order valence-electron chi connectivity index (χ3n) is 3.80. The Morgan fingerprint density at radius 3 is 2.90 bits per heavy atom. The summed E-state index contributed by atoms with van der Waals surface area (Å²) in [5, 5.41) is 2.75. The number of hydrogen-bond donors (Lipinski definition) is 2. The van der Waals surface area contributed by atoms with Crippen molar-refractivity contribution >= 4 is 23.2 Å². The van der Waals surface area contributed by atoms with Crippen LogP contribution in [-0.4, -0.2) is 35.3 Å². The fourth-order valence-corrected chi connectivity index (χ4v) is 3.60. The summed E-state index contributed by atoms with van der Waals surface area (Å²) in [4.78, 5) is 27.2. The van der Waals surface area contributed by atoms with Gasteiger partial charge in [-0.25, -0.2) is 0 Å². The summed E-state index contributed by atoms with van der Waals surface area (Å²) in [6.45, 7) is 4.71. The lowest BCUT2D eigenvalue weighted by Gasteiger charge is -2.37. The van der Waals surface area contributed by atoms with E-state index < -0.39 is 0 Å². The molecule has 2 amide bonds. The molecule has 5 nitrogen and oxygen atoms in total. The summed E-state index contributed by atoms with van der Waals surface area (Å²) in [5.41, 5.74) is 6.02. The first kappa shape index (κ1) is 16.0. The van der Waals surface area contributed by atoms with E-state index in [9.17, 15) is 9.59 Å². The molecule has 2 rings (SSSR count). The molecule has 0 aliphatic carbocycles. The molecule has 116 valence electrons. The number of carbonyl (C=O) groups excluding carboxylic acids is 2. The lowest BCUT2D eigenvalue weighted by molar-refractivity contribution is -0.119. The van der Waals surface area contributed by atoms with E-state index in [0.717, 1.165) is 35.6 Å². The highest BCUT2D eigenvalue weighted by Crippen LogP contribution is 2.24. The Morgan fingerprint density at radius 2 is 2.24 bits per heavy atom. The first-order valence-corrected chi connectivity index (χ1v) is 8.20. The van der Waals surface area contributed by atoms with E-state index in [1.807, 2.05) is 24.0 Å². The van der Waals surface area contributed by atoms with Crippen molar-refractivity contribution in [2.45, 2.75) is 51.7 Å². The van der Waals surface area contributed by atoms with Crippen molar-refractivity contribution in [3.05, 3.63) is 21.9 Å². The average Bonchev–Trinajstić information content (AvgIpc) is 2.93. The third-order valence-corrected chi connectivity index (χ3v) is 4.87. The molecular weight excluding hydrogens is 286 g/mol. The normalized spacial score (nSPS) is 20.1. The van der Waals surface area contributed by atoms with Gasteiger partial charge in [0.15, 0.2) is 0 Å². The topological polar surface area (TPSA) is 75.4 Å². The van der Waals surface area contributed by atoms with Crippen LogP contribution in [0.4, 0.5) is 0 Å². The second kappa shape index (κ2) is 7.04. The van der Waals surface area contributed by atoms with Crippen molar-refractivity contribution in [1.29, 1.82) is 0 Å². The van der Waals surface area contributed by atoms with E-state index in [2.05, 4.69) is 5.32 Å². The van der Waals surface area contributed by atoms with Gasteiger partial charge >= 0.3 is 0 Å². The number of nitrogens with zero attached hydrogens (tertiary/aromatic N) is 1. The van der Waals surface area contributed by atoms with Gasteiger partial charge in [0, 0.05) is 30.4 Å². The summed E-state index contributed by atoms with van der Waals surface area (Å²) >= 11 is 1.44. The molecule has 6 heteroatoms. The smallest absolute Gasteiger partial charge is 0.264 e. The van der Waals surface area contributed by atoms with Crippen molar-refractivity contribution in [1.82, 2.24) is 10.2 Å². The van der Waals surface area contributed by atoms with Gasteiger partial charge in [-0.1, -0.05) is 0 Å². The van der Waals surface area contributed by atoms with Gasteiger partial charge in [0.1, 0.15) is 0 Å². The van der Waals surface area contributed by atoms with Crippen LogP contribution in [-0.2, 0) is 11.3 Å². The van der Waals surface area contributed by atoms with Crippen molar-refractivity contribution in [2.24, 2.45) is 5.73 Å². The van der Waals surface area contributed by atoms with Crippen LogP contribution in [0.1, 0.15) is 47.7 Å². The van der Waals surface area contributed by atoms with Crippen molar-refractivity contribution < 1.29 is 9.59 Å². The summed E-state index contributed by atoms with van der Waals surface area (Å²) in [6, 6.07) is 3.87. The van der Waals surface area contributed by atoms with E-state index in [4.69, 9.17) is 5.73 Å². The zero-order chi connectivity index (χ0) is 15.4. The number of hydrogen-bond acceptors (Lipinski definition) is 4. The maximum atomic E-state index is 12.7. The van der Waals surface area contributed by atoms with Gasteiger partial charge in [0.2, 0.25) is 5.91 Å². The molecule has 0 bridgehead atoms. The Kier molecular flexibility index (Phi) is 5.36. The summed E-state index contributed by atoms with van der Waals surface area (Å²) in [7, 11) is 0. The summed E-state index contributed by atoms with van der Waals surface area (Å²) < 4.78 is 0. The molecule has 1 aliphatic rings. The number of amides is 2. The van der Waals surface area contributed by atoms with E-state index in [1.54, 1.807) is 0 Å². The third kappa shape index (κ3) is 4.04. The standard InChI is InChI=1S/C15H23N3O2S/c1-10(16)13-5-3-4-8-18(13)15(20)14-7-6-12(21-14)9-17-11(2)19/h6-7,10,13H,3-5,8-9,16H2,1-2H3,(H,17,19)/t10-,13+/m0/s1. The highest BCUT2D eigenvalue weighted by atomic mass is 32.1. The lowest BCUT2D eigenvalue weighted by atomic mass is 9.97. The molecule has 0 saturated carbocycles. The highest BCUT2D eigenvalue weighted by molar-refractivity contribution is 7.14. The average molecular weight is 309 g/mol. The van der Waals surface area contributed by atoms with Gasteiger partial charge in [-0.15, -0.1) is 11.3 Å². The first-order chi connectivity index (χ1) is 9.99. The molecule has 3 N–H and O–H groups in total. The second-order valence-corrected chi connectivity index (χ2v) is 6.76. The molecule has 0 spiro atoms. The number of nitrogens with one attached hydrogen (secondary N) is 1. The van der Waals surface area contributed by atoms with Crippen molar-refractivity contribution in [3.63, 3.8) is 0 Å². The van der Waals surface area contributed by atoms with Gasteiger partial charge < -0.3 is 16.0 Å². The monoisotopic (exact) mass is 309 g/mol. The largest absolute Gasteiger partial charge is 0.351 e. The van der Waals surface area contributed by atoms with Crippen LogP contribution in [0.5, 0.6) is 0 Å². The van der Waals surface area contributed by atoms with Crippen LogP contribution in [0, 0.1) is 0 Å². The van der Waals surface area contributed by atoms with Gasteiger partial charge in [0.25, 0.3) is 5.91 Å². The molecule has 1 aromatic heterocycles. The SMILES string of the molecule is CC(=O)NCc1ccc(C(=O)N2CCCC[C@@H]2[C@H](C)N)s1. The van der Waals surface area contributed by atoms with Gasteiger partial charge in [-0.2, -0.15) is 0 Å². The molecule has 2 atom stereocenters. The minimum atomic E-state index is -0.0654. The van der Waals surface area contributed by atoms with Crippen LogP contribution in [0.15, 0.2) is 12.1 Å². The van der Waals surface area contributed by atoms with E-state index in [-0.39, 0.29) is 23.9 Å². The van der Waals surface area contributed by atoms with Crippen LogP contribution >= 0.6 is 11.3 Å². The van der Waals surface area contributed by atoms with Crippen LogP contribution < -0.4 is 11.1 Å². The van der Waals surface area contributed by atoms with Crippen molar-refractivity contribution in [2.75, 3.05) is 6.54 Å². The van der Waals surface area contributed by atoms with E-state index in [0.29, 0.717) is 6.54 Å². The highest BCUT2D eigenvalue weighted by Gasteiger charge is 2.30. The zero-order valence-electron chi connectivity index (χ0n) is 12.6. The predicted octanol–water partition coefficient (Wildman–Crippen LogP) is 1.73. The van der Waals surface area contributed by atoms with Crippen LogP contribution in [0.2, 0.25) is 0 Å². The van der Waals surface area contributed by atoms with E-state index >= 15 is 0 Å². The number of likely N-dealkylation sites (tertiary alicyclic amines) is 1. The predicted molar refractivity (Wildman–Crippen MR) is 84.2 cm³/mol. The minimum Gasteiger partial charge on any atom is -0.351 e. The summed E-state index contributed by atoms with van der Waals surface area (Å²) in [6.07, 6.45) is 3.15. The van der Waals surface area contributed by atoms with Gasteiger partial charge in [0.05, 0.1) is 11.4 Å². The van der Waals surface area contributed by atoms with Gasteiger partial charge in [-0.05, 0) is 38.3 Å². The maximum absolute atomic E-state index is 12.7. The molecule has 2 heterocycles. The number of nitrogens with two attached hydrogens (primary N) is 1. The number of rotatable bonds is 4. The Morgan fingerprint density at radius 1 is 1.48 bits per heavy atom. The molecule has 1 aliphatic heterocycles. The Hall–Kier alpha value is -1.40. The molecule has 1 aromatic rings. The minimum absolute atomic E-state index is 0.00642. The Bertz CT molecular complexity index is 513. The quantitative estimate of drug-likeness (QED) is 0.889. The fraction of sp³-hybridized carbons (Fsp3) is 0.600. The fourth-order valence-electron chi connectivity index (χ4n) is 2.70. The number of thiophene rings is 1. The molecule has 1 fully saturated rings. The Balaban J connectivity index is 2.06. The number of piperidine rings is 1. The molecule has 0 radical (unpaired) electrons. The van der Waals surface area contributed by atoms with E-state index in [1.165, 1.54) is 18.3 Å². The second-order valence-electron chi connectivity index (χ2n) is 5.60. The number of carbonyl (C=O) groups is 2. The van der Waals surface area contributed by atoms with Crippen LogP contribution in [0.3, 0.4) is 0 Å². The molecular formula is C15H23N3O2S. The van der Waals surface area contributed by atoms with Crippen molar-refractivity contribution in [3.8, 4) is 0 Å². The lowest BCUT2D eigenvalue weighted by Crippen LogP contribution is -2.51. The van der Waals surface area contributed by atoms with Crippen LogP contribution in [0.25, 0.3) is 0 Å². The first-order valence-electron chi connectivity index (χ1n) is 7.38. The molecule has 21 heavy (non-hydrogen) atoms. The molecule has 0 unspecified atom stereocenters. The van der Waals surface area contributed by atoms with Gasteiger partial charge in [-0.3, -0.25) is 9.59 Å².